The van der Waals surface area contributed by atoms with Gasteiger partial charge in [0, 0.05) is 12.8 Å². The van der Waals surface area contributed by atoms with E-state index in [4.69, 9.17) is 5.73 Å². The number of carbonyl (C=O) groups excluding carboxylic acids is 3. The van der Waals surface area contributed by atoms with E-state index < -0.39 is 29.9 Å². The fourth-order valence-corrected chi connectivity index (χ4v) is 4.44. The van der Waals surface area contributed by atoms with Gasteiger partial charge in [0.15, 0.2) is 0 Å². The van der Waals surface area contributed by atoms with Crippen molar-refractivity contribution < 1.29 is 24.3 Å². The fourth-order valence-electron chi connectivity index (χ4n) is 4.44. The second-order valence-electron chi connectivity index (χ2n) is 10.9. The Morgan fingerprint density at radius 3 is 1.54 bits per heavy atom. The van der Waals surface area contributed by atoms with E-state index in [9.17, 15) is 24.3 Å². The molecule has 0 spiro atoms. The van der Waals surface area contributed by atoms with E-state index in [-0.39, 0.29) is 24.7 Å². The van der Waals surface area contributed by atoms with Gasteiger partial charge in [-0.05, 0) is 25.2 Å². The molecule has 0 aliphatic heterocycles. The molecule has 216 valence electrons. The Labute approximate surface area is 225 Å². The molecule has 0 aromatic heterocycles. The molecule has 0 fully saturated rings. The van der Waals surface area contributed by atoms with Crippen LogP contribution in [0.5, 0.6) is 0 Å². The molecule has 0 saturated carbocycles. The topological polar surface area (TPSA) is 139 Å². The zero-order valence-corrected chi connectivity index (χ0v) is 23.8. The highest BCUT2D eigenvalue weighted by Gasteiger charge is 2.27. The van der Waals surface area contributed by atoms with E-state index in [1.54, 1.807) is 0 Å². The molecule has 0 rings (SSSR count). The van der Waals surface area contributed by atoms with Gasteiger partial charge in [-0.15, -0.1) is 0 Å². The van der Waals surface area contributed by atoms with Crippen molar-refractivity contribution in [2.24, 2.45) is 11.7 Å². The summed E-state index contributed by atoms with van der Waals surface area (Å²) < 4.78 is 0. The van der Waals surface area contributed by atoms with Crippen molar-refractivity contribution in [2.45, 2.75) is 155 Å². The van der Waals surface area contributed by atoms with Crippen LogP contribution < -0.4 is 16.4 Å². The van der Waals surface area contributed by atoms with Crippen molar-refractivity contribution in [3.05, 3.63) is 0 Å². The third kappa shape index (κ3) is 21.7. The third-order valence-corrected chi connectivity index (χ3v) is 6.66. The lowest BCUT2D eigenvalue weighted by atomic mass is 10.0. The Morgan fingerprint density at radius 2 is 1.14 bits per heavy atom. The Morgan fingerprint density at radius 1 is 0.676 bits per heavy atom. The zero-order valence-electron chi connectivity index (χ0n) is 23.8. The highest BCUT2D eigenvalue weighted by Crippen LogP contribution is 2.14. The molecule has 37 heavy (non-hydrogen) atoms. The van der Waals surface area contributed by atoms with Crippen LogP contribution in [0.1, 0.15) is 143 Å². The van der Waals surface area contributed by atoms with Crippen molar-refractivity contribution in [1.82, 2.24) is 10.6 Å². The van der Waals surface area contributed by atoms with E-state index in [0.717, 1.165) is 19.3 Å². The molecule has 0 saturated heterocycles. The Bertz CT molecular complexity index is 639. The maximum Gasteiger partial charge on any atom is 0.326 e. The number of carboxylic acids is 1. The van der Waals surface area contributed by atoms with Gasteiger partial charge in [-0.1, -0.05) is 111 Å². The average molecular weight is 526 g/mol. The lowest BCUT2D eigenvalue weighted by Gasteiger charge is -2.22. The summed E-state index contributed by atoms with van der Waals surface area (Å²) in [5.74, 6) is -2.47. The number of amides is 3. The molecule has 0 radical (unpaired) electrons. The first-order chi connectivity index (χ1) is 17.7. The number of aliphatic carboxylic acids is 1. The van der Waals surface area contributed by atoms with Gasteiger partial charge in [-0.2, -0.15) is 0 Å². The molecule has 0 unspecified atom stereocenters. The summed E-state index contributed by atoms with van der Waals surface area (Å²) in [6.07, 6.45) is 19.4. The summed E-state index contributed by atoms with van der Waals surface area (Å²) in [4.78, 5) is 47.5. The van der Waals surface area contributed by atoms with Gasteiger partial charge in [-0.25, -0.2) is 4.79 Å². The van der Waals surface area contributed by atoms with Crippen molar-refractivity contribution in [3.8, 4) is 0 Å². The van der Waals surface area contributed by atoms with E-state index in [0.29, 0.717) is 12.8 Å². The summed E-state index contributed by atoms with van der Waals surface area (Å²) >= 11 is 0. The van der Waals surface area contributed by atoms with E-state index >= 15 is 0 Å². The highest BCUT2D eigenvalue weighted by molar-refractivity contribution is 5.90. The molecule has 8 nitrogen and oxygen atoms in total. The molecule has 0 aliphatic rings. The van der Waals surface area contributed by atoms with Crippen molar-refractivity contribution in [3.63, 3.8) is 0 Å². The van der Waals surface area contributed by atoms with E-state index in [2.05, 4.69) is 17.6 Å². The van der Waals surface area contributed by atoms with Gasteiger partial charge in [0.25, 0.3) is 0 Å². The van der Waals surface area contributed by atoms with Gasteiger partial charge in [0.1, 0.15) is 12.1 Å². The zero-order chi connectivity index (χ0) is 27.9. The second kappa shape index (κ2) is 23.0. The number of nitrogens with two attached hydrogens (primary N) is 1. The Kier molecular flexibility index (Phi) is 21.7. The predicted octanol–water partition coefficient (Wildman–Crippen LogP) is 5.61. The van der Waals surface area contributed by atoms with Crippen LogP contribution in [0.15, 0.2) is 0 Å². The Balaban J connectivity index is 4.07. The van der Waals surface area contributed by atoms with Crippen LogP contribution in [0.2, 0.25) is 0 Å². The molecule has 0 heterocycles. The molecular weight excluding hydrogens is 470 g/mol. The number of nitrogens with one attached hydrogen (secondary N) is 2. The quantitative estimate of drug-likeness (QED) is 0.115. The minimum atomic E-state index is -1.23. The number of carbonyl (C=O) groups is 4. The van der Waals surface area contributed by atoms with Gasteiger partial charge >= 0.3 is 5.97 Å². The maximum absolute atomic E-state index is 12.7. The number of rotatable bonds is 25. The van der Waals surface area contributed by atoms with Gasteiger partial charge in [0.05, 0.1) is 0 Å². The van der Waals surface area contributed by atoms with Crippen molar-refractivity contribution >= 4 is 23.7 Å². The van der Waals surface area contributed by atoms with Gasteiger partial charge < -0.3 is 21.5 Å². The predicted molar refractivity (Wildman–Crippen MR) is 149 cm³/mol. The van der Waals surface area contributed by atoms with Crippen LogP contribution in [0, 0.1) is 5.92 Å². The van der Waals surface area contributed by atoms with Crippen LogP contribution in [0.3, 0.4) is 0 Å². The summed E-state index contributed by atoms with van der Waals surface area (Å²) in [5.41, 5.74) is 5.09. The third-order valence-electron chi connectivity index (χ3n) is 6.66. The molecule has 0 bridgehead atoms. The second-order valence-corrected chi connectivity index (χ2v) is 10.9. The number of carboxylic acid groups (broad SMARTS) is 1. The van der Waals surface area contributed by atoms with Crippen LogP contribution in [-0.2, 0) is 19.2 Å². The smallest absolute Gasteiger partial charge is 0.326 e. The van der Waals surface area contributed by atoms with Crippen molar-refractivity contribution in [2.75, 3.05) is 0 Å². The monoisotopic (exact) mass is 525 g/mol. The van der Waals surface area contributed by atoms with Crippen molar-refractivity contribution in [1.29, 1.82) is 0 Å². The van der Waals surface area contributed by atoms with Crippen LogP contribution in [0.25, 0.3) is 0 Å². The number of hydrogen-bond acceptors (Lipinski definition) is 4. The van der Waals surface area contributed by atoms with Gasteiger partial charge in [0.2, 0.25) is 17.7 Å². The minimum Gasteiger partial charge on any atom is -0.480 e. The summed E-state index contributed by atoms with van der Waals surface area (Å²) in [6, 6.07) is -2.03. The summed E-state index contributed by atoms with van der Waals surface area (Å²) in [5, 5.41) is 14.5. The summed E-state index contributed by atoms with van der Waals surface area (Å²) in [7, 11) is 0. The number of primary amides is 1. The molecular formula is C29H55N3O5. The summed E-state index contributed by atoms with van der Waals surface area (Å²) in [6.45, 7) is 6.12. The lowest BCUT2D eigenvalue weighted by Crippen LogP contribution is -2.52. The lowest BCUT2D eigenvalue weighted by molar-refractivity contribution is -0.142. The fraction of sp³-hybridized carbons (Fsp3) is 0.862. The largest absolute Gasteiger partial charge is 0.480 e. The average Bonchev–Trinajstić information content (AvgIpc) is 2.83. The van der Waals surface area contributed by atoms with E-state index in [1.165, 1.54) is 77.0 Å². The molecule has 2 atom stereocenters. The number of unbranched alkanes of at least 4 members (excludes halogenated alkanes) is 14. The van der Waals surface area contributed by atoms with Crippen LogP contribution >= 0.6 is 0 Å². The first kappa shape index (κ1) is 34.9. The minimum absolute atomic E-state index is 0.0854. The molecule has 5 N–H and O–H groups in total. The standard InChI is InChI=1S/C29H55N3O5/c1-4-5-6-7-8-9-10-11-12-13-14-15-16-17-18-19-27(34)31-25(22-23(2)3)28(35)32-24(29(36)37)20-21-26(30)33/h23-25H,4-22H2,1-3H3,(H2,30,33)(H,31,34)(H,32,35)(H,36,37)/t24-,25-/m0/s1. The normalized spacial score (nSPS) is 12.8. The SMILES string of the molecule is CCCCCCCCCCCCCCCCCC(=O)N[C@@H](CC(C)C)C(=O)N[C@@H](CCC(N)=O)C(=O)O. The first-order valence-corrected chi connectivity index (χ1v) is 14.8. The maximum atomic E-state index is 12.7. The first-order valence-electron chi connectivity index (χ1n) is 14.8. The van der Waals surface area contributed by atoms with Gasteiger partial charge in [-0.3, -0.25) is 14.4 Å². The molecule has 0 aromatic carbocycles. The molecule has 0 aromatic rings. The molecule has 0 aliphatic carbocycles. The molecule has 8 heteroatoms. The Hall–Kier alpha value is -2.12. The number of hydrogen-bond donors (Lipinski definition) is 4. The molecule has 3 amide bonds. The van der Waals surface area contributed by atoms with Crippen LogP contribution in [-0.4, -0.2) is 40.9 Å². The highest BCUT2D eigenvalue weighted by atomic mass is 16.4. The van der Waals surface area contributed by atoms with Crippen LogP contribution in [0.4, 0.5) is 0 Å². The van der Waals surface area contributed by atoms with E-state index in [1.807, 2.05) is 13.8 Å².